The average Bonchev–Trinajstić information content (AvgIpc) is 3.77. The minimum absolute atomic E-state index is 0.0311. The average molecular weight is 693 g/mol. The zero-order chi connectivity index (χ0) is 34.2. The van der Waals surface area contributed by atoms with Gasteiger partial charge in [-0.25, -0.2) is 42.5 Å². The van der Waals surface area contributed by atoms with Gasteiger partial charge in [-0.15, -0.1) is 0 Å². The Morgan fingerprint density at radius 2 is 0.920 bits per heavy atom. The highest BCUT2D eigenvalue weighted by molar-refractivity contribution is 7.00. The highest BCUT2D eigenvalue weighted by atomic mass is 32.1. The number of fused-ring (bicyclic) bond motifs is 2. The molecule has 8 aromatic rings. The summed E-state index contributed by atoms with van der Waals surface area (Å²) in [7, 11) is 0. The van der Waals surface area contributed by atoms with Crippen molar-refractivity contribution in [3.8, 4) is 11.1 Å². The molecule has 5 N–H and O–H groups in total. The van der Waals surface area contributed by atoms with Crippen LogP contribution in [0, 0.1) is 23.3 Å². The van der Waals surface area contributed by atoms with E-state index in [4.69, 9.17) is 0 Å². The SMILES string of the molecule is Fc1ccccc1Nc1nc2nsnc2nc1Nc1ccc(-c2ccc(Nc3nc4[nH]cnc4nc3Nc3ccccc3F)c(F)c2)cc1F. The number of hydrogen-bond donors (Lipinski definition) is 5. The van der Waals surface area contributed by atoms with Crippen molar-refractivity contribution in [3.05, 3.63) is 115 Å². The van der Waals surface area contributed by atoms with Gasteiger partial charge in [0.15, 0.2) is 34.6 Å². The van der Waals surface area contributed by atoms with Gasteiger partial charge in [-0.05, 0) is 59.7 Å². The maximum Gasteiger partial charge on any atom is 0.214 e. The minimum Gasteiger partial charge on any atom is -0.335 e. The lowest BCUT2D eigenvalue weighted by Gasteiger charge is -2.14. The first kappa shape index (κ1) is 30.6. The fourth-order valence-electron chi connectivity index (χ4n) is 4.98. The van der Waals surface area contributed by atoms with Gasteiger partial charge in [-0.2, -0.15) is 8.75 Å². The number of para-hydroxylation sites is 2. The maximum atomic E-state index is 15.5. The van der Waals surface area contributed by atoms with E-state index in [0.29, 0.717) is 16.8 Å². The van der Waals surface area contributed by atoms with E-state index in [0.717, 1.165) is 11.7 Å². The Balaban J connectivity index is 1.05. The minimum atomic E-state index is -0.674. The highest BCUT2D eigenvalue weighted by Crippen LogP contribution is 2.34. The van der Waals surface area contributed by atoms with Crippen LogP contribution in [-0.4, -0.2) is 38.7 Å². The van der Waals surface area contributed by atoms with Crippen molar-refractivity contribution in [1.82, 2.24) is 38.7 Å². The van der Waals surface area contributed by atoms with Gasteiger partial charge in [0.2, 0.25) is 11.3 Å². The number of aromatic amines is 1. The summed E-state index contributed by atoms with van der Waals surface area (Å²) in [5.41, 5.74) is 2.18. The van der Waals surface area contributed by atoms with E-state index < -0.39 is 23.3 Å². The lowest BCUT2D eigenvalue weighted by Crippen LogP contribution is -2.05. The lowest BCUT2D eigenvalue weighted by atomic mass is 10.0. The van der Waals surface area contributed by atoms with E-state index >= 15 is 8.78 Å². The molecule has 50 heavy (non-hydrogen) atoms. The molecule has 4 heterocycles. The van der Waals surface area contributed by atoms with Crippen LogP contribution in [0.25, 0.3) is 33.7 Å². The van der Waals surface area contributed by atoms with Crippen LogP contribution < -0.4 is 21.3 Å². The van der Waals surface area contributed by atoms with Crippen LogP contribution in [0.5, 0.6) is 0 Å². The van der Waals surface area contributed by atoms with Crippen LogP contribution in [0.1, 0.15) is 0 Å². The molecule has 0 aliphatic heterocycles. The summed E-state index contributed by atoms with van der Waals surface area (Å²) in [5, 5.41) is 11.6. The Labute approximate surface area is 283 Å². The van der Waals surface area contributed by atoms with Crippen LogP contribution in [0.3, 0.4) is 0 Å². The topological polar surface area (TPSA) is 154 Å². The largest absolute Gasteiger partial charge is 0.335 e. The van der Waals surface area contributed by atoms with Gasteiger partial charge in [-0.3, -0.25) is 0 Å². The molecule has 0 saturated heterocycles. The summed E-state index contributed by atoms with van der Waals surface area (Å²) in [6.07, 6.45) is 1.41. The maximum absolute atomic E-state index is 15.5. The van der Waals surface area contributed by atoms with Crippen molar-refractivity contribution in [1.29, 1.82) is 0 Å². The molecule has 17 heteroatoms. The molecule has 4 aromatic heterocycles. The number of hydrogen-bond acceptors (Lipinski definition) is 12. The van der Waals surface area contributed by atoms with Gasteiger partial charge in [0.1, 0.15) is 23.3 Å². The summed E-state index contributed by atoms with van der Waals surface area (Å²) in [6, 6.07) is 20.6. The molecule has 0 aliphatic rings. The van der Waals surface area contributed by atoms with E-state index in [-0.39, 0.29) is 63.0 Å². The molecule has 0 saturated carbocycles. The lowest BCUT2D eigenvalue weighted by molar-refractivity contribution is 0.630. The van der Waals surface area contributed by atoms with Crippen LogP contribution in [0.2, 0.25) is 0 Å². The fourth-order valence-corrected chi connectivity index (χ4v) is 5.42. The van der Waals surface area contributed by atoms with Crippen molar-refractivity contribution in [2.45, 2.75) is 0 Å². The molecule has 0 bridgehead atoms. The zero-order valence-corrected chi connectivity index (χ0v) is 26.0. The van der Waals surface area contributed by atoms with Gasteiger partial charge in [0, 0.05) is 0 Å². The molecule has 246 valence electrons. The predicted molar refractivity (Wildman–Crippen MR) is 182 cm³/mol. The first-order valence-electron chi connectivity index (χ1n) is 14.8. The molecule has 0 fully saturated rings. The van der Waals surface area contributed by atoms with E-state index in [2.05, 4.69) is 59.9 Å². The molecular weight excluding hydrogens is 673 g/mol. The van der Waals surface area contributed by atoms with Crippen molar-refractivity contribution in [3.63, 3.8) is 0 Å². The Kier molecular flexibility index (Phi) is 7.76. The summed E-state index contributed by atoms with van der Waals surface area (Å²) in [6.45, 7) is 0. The molecule has 8 rings (SSSR count). The standard InChI is InChI=1S/C33H20F4N12S/c34-18-5-1-3-7-22(18)40-28-29(45-27-26(44-28)38-15-39-27)42-24-11-9-16(13-20(24)36)17-10-12-25(21(37)14-17)43-31-30(41-23-8-4-2-6-19(23)35)46-32-33(47-31)49-50-48-32/h1-15H,(H,41,46,48)(H,43,47,49)(H3,38,39,40,42,44,45). The Morgan fingerprint density at radius 3 is 1.40 bits per heavy atom. The van der Waals surface area contributed by atoms with Crippen LogP contribution in [0.4, 0.5) is 63.6 Å². The van der Waals surface area contributed by atoms with Crippen LogP contribution >= 0.6 is 11.7 Å². The predicted octanol–water partition coefficient (Wildman–Crippen LogP) is 8.35. The number of H-pyrrole nitrogens is 1. The van der Waals surface area contributed by atoms with Crippen molar-refractivity contribution < 1.29 is 17.6 Å². The second-order valence-corrected chi connectivity index (χ2v) is 11.2. The van der Waals surface area contributed by atoms with Crippen molar-refractivity contribution in [2.24, 2.45) is 0 Å². The Morgan fingerprint density at radius 1 is 0.480 bits per heavy atom. The van der Waals surface area contributed by atoms with Crippen molar-refractivity contribution >= 4 is 80.3 Å². The number of halogens is 4. The molecule has 0 amide bonds. The Bertz CT molecular complexity index is 2360. The summed E-state index contributed by atoms with van der Waals surface area (Å²) in [5.74, 6) is -1.97. The highest BCUT2D eigenvalue weighted by Gasteiger charge is 2.18. The second kappa shape index (κ2) is 12.7. The third-order valence-electron chi connectivity index (χ3n) is 7.41. The first-order valence-corrected chi connectivity index (χ1v) is 15.5. The smallest absolute Gasteiger partial charge is 0.214 e. The molecule has 0 unspecified atom stereocenters. The molecule has 0 aliphatic carbocycles. The van der Waals surface area contributed by atoms with E-state index in [9.17, 15) is 8.78 Å². The number of anilines is 8. The molecule has 4 aromatic carbocycles. The fraction of sp³-hybridized carbons (Fsp3) is 0. The number of imidazole rings is 1. The van der Waals surface area contributed by atoms with E-state index in [1.54, 1.807) is 36.4 Å². The van der Waals surface area contributed by atoms with Gasteiger partial charge in [0.25, 0.3) is 0 Å². The molecule has 12 nitrogen and oxygen atoms in total. The number of rotatable bonds is 9. The molecule has 0 spiro atoms. The third-order valence-corrected chi connectivity index (χ3v) is 7.92. The van der Waals surface area contributed by atoms with Crippen molar-refractivity contribution in [2.75, 3.05) is 21.3 Å². The normalized spacial score (nSPS) is 11.2. The number of aromatic nitrogens is 8. The summed E-state index contributed by atoms with van der Waals surface area (Å²) < 4.78 is 68.1. The summed E-state index contributed by atoms with van der Waals surface area (Å²) >= 11 is 0.902. The number of nitrogens with one attached hydrogen (secondary N) is 5. The number of benzene rings is 4. The molecule has 0 radical (unpaired) electrons. The summed E-state index contributed by atoms with van der Waals surface area (Å²) in [4.78, 5) is 24.6. The molecular formula is C33H20F4N12S. The van der Waals surface area contributed by atoms with Gasteiger partial charge in [0.05, 0.1) is 40.8 Å². The van der Waals surface area contributed by atoms with Gasteiger partial charge >= 0.3 is 0 Å². The van der Waals surface area contributed by atoms with E-state index in [1.807, 2.05) is 0 Å². The van der Waals surface area contributed by atoms with E-state index in [1.165, 1.54) is 54.9 Å². The Hall–Kier alpha value is -6.75. The second-order valence-electron chi connectivity index (χ2n) is 10.7. The van der Waals surface area contributed by atoms with Crippen LogP contribution in [-0.2, 0) is 0 Å². The third kappa shape index (κ3) is 6.03. The van der Waals surface area contributed by atoms with Crippen LogP contribution in [0.15, 0.2) is 91.3 Å². The first-order chi connectivity index (χ1) is 24.4. The van der Waals surface area contributed by atoms with Gasteiger partial charge in [-0.1, -0.05) is 36.4 Å². The zero-order valence-electron chi connectivity index (χ0n) is 25.2. The monoisotopic (exact) mass is 692 g/mol. The van der Waals surface area contributed by atoms with Gasteiger partial charge < -0.3 is 26.3 Å². The molecule has 0 atom stereocenters. The number of nitrogens with zero attached hydrogens (tertiary/aromatic N) is 7. The quantitative estimate of drug-likeness (QED) is 0.0928.